The lowest BCUT2D eigenvalue weighted by Gasteiger charge is -2.31. The van der Waals surface area contributed by atoms with Crippen molar-refractivity contribution in [3.05, 3.63) is 81.4 Å². The molecular weight excluding hydrogens is 388 g/mol. The summed E-state index contributed by atoms with van der Waals surface area (Å²) < 4.78 is 1.83. The number of H-pyrrole nitrogens is 1. The number of rotatable bonds is 3. The molecule has 0 unspecified atom stereocenters. The lowest BCUT2D eigenvalue weighted by Crippen LogP contribution is -2.37. The molecule has 7 nitrogen and oxygen atoms in total. The van der Waals surface area contributed by atoms with E-state index in [0.29, 0.717) is 11.4 Å². The van der Waals surface area contributed by atoms with Crippen molar-refractivity contribution in [1.29, 1.82) is 0 Å². The van der Waals surface area contributed by atoms with Gasteiger partial charge in [0.2, 0.25) is 0 Å². The summed E-state index contributed by atoms with van der Waals surface area (Å²) in [6.45, 7) is 9.05. The molecule has 0 spiro atoms. The highest BCUT2D eigenvalue weighted by Gasteiger charge is 2.36. The molecule has 0 aliphatic carbocycles. The fraction of sp³-hybridized carbons (Fsp3) is 0.333. The van der Waals surface area contributed by atoms with Crippen molar-refractivity contribution in [2.24, 2.45) is 0 Å². The summed E-state index contributed by atoms with van der Waals surface area (Å²) in [6.07, 6.45) is 0.925. The third-order valence-corrected chi connectivity index (χ3v) is 5.93. The quantitative estimate of drug-likeness (QED) is 0.553. The molecular formula is C24H26N6O. The lowest BCUT2D eigenvalue weighted by atomic mass is 10.0. The van der Waals surface area contributed by atoms with Crippen LogP contribution in [0.4, 0.5) is 5.69 Å². The molecule has 1 N–H and O–H groups in total. The van der Waals surface area contributed by atoms with Gasteiger partial charge in [-0.2, -0.15) is 0 Å². The van der Waals surface area contributed by atoms with Crippen molar-refractivity contribution in [2.75, 3.05) is 11.4 Å². The van der Waals surface area contributed by atoms with Crippen LogP contribution in [-0.4, -0.2) is 31.7 Å². The second-order valence-corrected chi connectivity index (χ2v) is 9.24. The van der Waals surface area contributed by atoms with Crippen LogP contribution in [-0.2, 0) is 12.0 Å². The van der Waals surface area contributed by atoms with Gasteiger partial charge in [0.15, 0.2) is 5.82 Å². The number of aryl methyl sites for hydroxylation is 1. The first kappa shape index (κ1) is 19.5. The average molecular weight is 415 g/mol. The number of anilines is 1. The van der Waals surface area contributed by atoms with Gasteiger partial charge in [-0.3, -0.25) is 4.79 Å². The van der Waals surface area contributed by atoms with Gasteiger partial charge in [0, 0.05) is 23.3 Å². The molecule has 0 radical (unpaired) electrons. The summed E-state index contributed by atoms with van der Waals surface area (Å²) in [5.74, 6) is 0.668. The Morgan fingerprint density at radius 2 is 1.90 bits per heavy atom. The van der Waals surface area contributed by atoms with Gasteiger partial charge in [0.25, 0.3) is 5.56 Å². The largest absolute Gasteiger partial charge is 0.357 e. The van der Waals surface area contributed by atoms with Crippen LogP contribution in [0.2, 0.25) is 0 Å². The van der Waals surface area contributed by atoms with Gasteiger partial charge in [0.05, 0.1) is 5.54 Å². The molecule has 0 bridgehead atoms. The van der Waals surface area contributed by atoms with E-state index in [4.69, 9.17) is 0 Å². The summed E-state index contributed by atoms with van der Waals surface area (Å²) in [5, 5.41) is 13.7. The molecule has 1 aliphatic heterocycles. The Balaban J connectivity index is 1.77. The number of aromatic amines is 1. The minimum atomic E-state index is -0.397. The number of benzene rings is 2. The zero-order valence-electron chi connectivity index (χ0n) is 18.3. The molecule has 0 fully saturated rings. The molecule has 5 rings (SSSR count). The molecule has 158 valence electrons. The van der Waals surface area contributed by atoms with Crippen molar-refractivity contribution in [1.82, 2.24) is 25.2 Å². The monoisotopic (exact) mass is 414 g/mol. The van der Waals surface area contributed by atoms with Crippen LogP contribution in [0.5, 0.6) is 0 Å². The van der Waals surface area contributed by atoms with E-state index in [-0.39, 0.29) is 11.1 Å². The number of pyridine rings is 1. The number of hydrogen-bond acceptors (Lipinski definition) is 5. The van der Waals surface area contributed by atoms with Crippen molar-refractivity contribution >= 4 is 16.6 Å². The Bertz CT molecular complexity index is 1330. The van der Waals surface area contributed by atoms with E-state index in [1.165, 1.54) is 5.56 Å². The van der Waals surface area contributed by atoms with E-state index in [0.717, 1.165) is 35.1 Å². The van der Waals surface area contributed by atoms with E-state index in [2.05, 4.69) is 77.4 Å². The van der Waals surface area contributed by atoms with E-state index < -0.39 is 6.04 Å². The number of para-hydroxylation sites is 1. The van der Waals surface area contributed by atoms with Crippen LogP contribution in [0.3, 0.4) is 0 Å². The first-order valence-electron chi connectivity index (χ1n) is 10.6. The number of nitrogens with zero attached hydrogens (tertiary/aromatic N) is 5. The van der Waals surface area contributed by atoms with Gasteiger partial charge in [-0.25, -0.2) is 4.68 Å². The number of aromatic nitrogens is 5. The van der Waals surface area contributed by atoms with Crippen LogP contribution in [0.25, 0.3) is 10.9 Å². The fourth-order valence-corrected chi connectivity index (χ4v) is 4.47. The summed E-state index contributed by atoms with van der Waals surface area (Å²) in [4.78, 5) is 18.7. The molecule has 0 amide bonds. The Morgan fingerprint density at radius 3 is 2.71 bits per heavy atom. The zero-order valence-corrected chi connectivity index (χ0v) is 18.3. The van der Waals surface area contributed by atoms with Crippen LogP contribution in [0.1, 0.15) is 49.3 Å². The third kappa shape index (κ3) is 3.30. The maximum atomic E-state index is 13.3. The topological polar surface area (TPSA) is 79.7 Å². The molecule has 1 atom stereocenters. The van der Waals surface area contributed by atoms with Crippen LogP contribution >= 0.6 is 0 Å². The van der Waals surface area contributed by atoms with Crippen molar-refractivity contribution in [3.63, 3.8) is 0 Å². The highest BCUT2D eigenvalue weighted by Crippen LogP contribution is 2.38. The van der Waals surface area contributed by atoms with Gasteiger partial charge >= 0.3 is 0 Å². The maximum absolute atomic E-state index is 13.3. The van der Waals surface area contributed by atoms with Gasteiger partial charge in [-0.15, -0.1) is 5.10 Å². The zero-order chi connectivity index (χ0) is 21.8. The summed E-state index contributed by atoms with van der Waals surface area (Å²) in [5.41, 5.74) is 4.58. The van der Waals surface area contributed by atoms with E-state index in [1.807, 2.05) is 28.9 Å². The Kier molecular flexibility index (Phi) is 4.43. The summed E-state index contributed by atoms with van der Waals surface area (Å²) in [6, 6.07) is 16.0. The predicted octanol–water partition coefficient (Wildman–Crippen LogP) is 3.73. The number of hydrogen-bond donors (Lipinski definition) is 1. The molecule has 0 saturated heterocycles. The molecule has 3 heterocycles. The minimum absolute atomic E-state index is 0.116. The molecule has 4 aromatic rings. The Morgan fingerprint density at radius 1 is 1.10 bits per heavy atom. The van der Waals surface area contributed by atoms with Crippen LogP contribution < -0.4 is 10.5 Å². The highest BCUT2D eigenvalue weighted by molar-refractivity contribution is 5.80. The second kappa shape index (κ2) is 7.04. The SMILES string of the molecule is Cc1ccc2[nH]c(=O)c([C@H](c3nnnn3C(C)(C)C)N3CCc4ccccc43)cc2c1. The molecule has 7 heteroatoms. The normalized spacial score (nSPS) is 14.8. The highest BCUT2D eigenvalue weighted by atomic mass is 16.1. The average Bonchev–Trinajstić information content (AvgIpc) is 3.37. The summed E-state index contributed by atoms with van der Waals surface area (Å²) in [7, 11) is 0. The van der Waals surface area contributed by atoms with E-state index in [1.54, 1.807) is 0 Å². The van der Waals surface area contributed by atoms with Crippen LogP contribution in [0.15, 0.2) is 53.3 Å². The first-order chi connectivity index (χ1) is 14.8. The minimum Gasteiger partial charge on any atom is -0.357 e. The van der Waals surface area contributed by atoms with E-state index >= 15 is 0 Å². The second-order valence-electron chi connectivity index (χ2n) is 9.24. The summed E-state index contributed by atoms with van der Waals surface area (Å²) >= 11 is 0. The fourth-order valence-electron chi connectivity index (χ4n) is 4.47. The first-order valence-corrected chi connectivity index (χ1v) is 10.6. The molecule has 0 saturated carbocycles. The van der Waals surface area contributed by atoms with Crippen molar-refractivity contribution in [2.45, 2.75) is 45.7 Å². The number of nitrogens with one attached hydrogen (secondary N) is 1. The van der Waals surface area contributed by atoms with Gasteiger partial charge in [-0.1, -0.05) is 29.8 Å². The lowest BCUT2D eigenvalue weighted by molar-refractivity contribution is 0.329. The Labute approximate surface area is 180 Å². The molecule has 1 aliphatic rings. The third-order valence-electron chi connectivity index (χ3n) is 5.93. The van der Waals surface area contributed by atoms with Gasteiger partial charge in [-0.05, 0) is 79.8 Å². The predicted molar refractivity (Wildman–Crippen MR) is 121 cm³/mol. The van der Waals surface area contributed by atoms with Crippen molar-refractivity contribution < 1.29 is 0 Å². The number of fused-ring (bicyclic) bond motifs is 2. The van der Waals surface area contributed by atoms with Gasteiger partial charge in [0.1, 0.15) is 6.04 Å². The molecule has 31 heavy (non-hydrogen) atoms. The van der Waals surface area contributed by atoms with Gasteiger partial charge < -0.3 is 9.88 Å². The van der Waals surface area contributed by atoms with Crippen LogP contribution in [0, 0.1) is 6.92 Å². The van der Waals surface area contributed by atoms with E-state index in [9.17, 15) is 4.79 Å². The Hall–Kier alpha value is -3.48. The maximum Gasteiger partial charge on any atom is 0.254 e. The molecule has 2 aromatic heterocycles. The standard InChI is InChI=1S/C24H26N6O/c1-15-9-10-19-17(13-15)14-18(23(31)25-19)21(22-26-27-28-30(22)24(2,3)4)29-12-11-16-7-5-6-8-20(16)29/h5-10,13-14,21H,11-12H2,1-4H3,(H,25,31)/t21-/m1/s1. The smallest absolute Gasteiger partial charge is 0.254 e. The molecule has 2 aromatic carbocycles. The van der Waals surface area contributed by atoms with Crippen molar-refractivity contribution in [3.8, 4) is 0 Å². The number of tetrazole rings is 1.